The molecule has 0 saturated heterocycles. The standard InChI is InChI=1S/C15H23NO2/c1-4-5-6-7-8-11-16-14-10-9-13(17-2)12-15(14)18-3/h4,9-10,12,16H,1,5-8,11H2,2-3H3. The van der Waals surface area contributed by atoms with Crippen molar-refractivity contribution in [2.75, 3.05) is 26.1 Å². The molecule has 1 aromatic rings. The lowest BCUT2D eigenvalue weighted by Crippen LogP contribution is -2.03. The molecular weight excluding hydrogens is 226 g/mol. The summed E-state index contributed by atoms with van der Waals surface area (Å²) in [7, 11) is 3.32. The van der Waals surface area contributed by atoms with Crippen LogP contribution in [0.4, 0.5) is 5.69 Å². The molecule has 0 aliphatic carbocycles. The quantitative estimate of drug-likeness (QED) is 0.532. The predicted octanol–water partition coefficient (Wildman–Crippen LogP) is 3.86. The Balaban J connectivity index is 2.39. The van der Waals surface area contributed by atoms with Crippen LogP contribution in [0.5, 0.6) is 11.5 Å². The fourth-order valence-electron chi connectivity index (χ4n) is 1.76. The number of methoxy groups -OCH3 is 2. The van der Waals surface area contributed by atoms with E-state index in [-0.39, 0.29) is 0 Å². The van der Waals surface area contributed by atoms with E-state index in [1.165, 1.54) is 12.8 Å². The number of allylic oxidation sites excluding steroid dienone is 1. The topological polar surface area (TPSA) is 30.5 Å². The monoisotopic (exact) mass is 249 g/mol. The summed E-state index contributed by atoms with van der Waals surface area (Å²) in [5.41, 5.74) is 1.02. The van der Waals surface area contributed by atoms with Gasteiger partial charge in [-0.1, -0.05) is 12.5 Å². The number of unbranched alkanes of at least 4 members (excludes halogenated alkanes) is 3. The van der Waals surface area contributed by atoms with Gasteiger partial charge in [0.15, 0.2) is 0 Å². The highest BCUT2D eigenvalue weighted by Crippen LogP contribution is 2.28. The Labute approximate surface area is 110 Å². The fourth-order valence-corrected chi connectivity index (χ4v) is 1.76. The van der Waals surface area contributed by atoms with Crippen molar-refractivity contribution < 1.29 is 9.47 Å². The Morgan fingerprint density at radius 2 is 2.00 bits per heavy atom. The summed E-state index contributed by atoms with van der Waals surface area (Å²) in [6.45, 7) is 4.68. The third kappa shape index (κ3) is 4.70. The minimum Gasteiger partial charge on any atom is -0.497 e. The van der Waals surface area contributed by atoms with Gasteiger partial charge >= 0.3 is 0 Å². The van der Waals surface area contributed by atoms with Gasteiger partial charge < -0.3 is 14.8 Å². The van der Waals surface area contributed by atoms with E-state index in [9.17, 15) is 0 Å². The highest BCUT2D eigenvalue weighted by atomic mass is 16.5. The summed E-state index contributed by atoms with van der Waals surface area (Å²) >= 11 is 0. The van der Waals surface area contributed by atoms with E-state index in [1.54, 1.807) is 14.2 Å². The highest BCUT2D eigenvalue weighted by molar-refractivity contribution is 5.59. The van der Waals surface area contributed by atoms with Crippen molar-refractivity contribution in [3.63, 3.8) is 0 Å². The van der Waals surface area contributed by atoms with Gasteiger partial charge in [0.25, 0.3) is 0 Å². The van der Waals surface area contributed by atoms with Gasteiger partial charge in [0.1, 0.15) is 11.5 Å². The van der Waals surface area contributed by atoms with Gasteiger partial charge in [-0.2, -0.15) is 0 Å². The Kier molecular flexibility index (Phi) is 6.77. The van der Waals surface area contributed by atoms with Crippen LogP contribution in [0.3, 0.4) is 0 Å². The van der Waals surface area contributed by atoms with Crippen LogP contribution in [0.15, 0.2) is 30.9 Å². The minimum absolute atomic E-state index is 0.809. The van der Waals surface area contributed by atoms with Crippen molar-refractivity contribution in [3.8, 4) is 11.5 Å². The zero-order chi connectivity index (χ0) is 13.2. The van der Waals surface area contributed by atoms with Gasteiger partial charge in [-0.05, 0) is 31.4 Å². The van der Waals surface area contributed by atoms with E-state index in [1.807, 2.05) is 24.3 Å². The first-order valence-corrected chi connectivity index (χ1v) is 6.38. The number of hydrogen-bond acceptors (Lipinski definition) is 3. The molecule has 100 valence electrons. The predicted molar refractivity (Wildman–Crippen MR) is 76.7 cm³/mol. The summed E-state index contributed by atoms with van der Waals surface area (Å²) < 4.78 is 10.5. The molecule has 3 nitrogen and oxygen atoms in total. The maximum Gasteiger partial charge on any atom is 0.145 e. The molecule has 0 amide bonds. The Bertz CT molecular complexity index is 364. The lowest BCUT2D eigenvalue weighted by molar-refractivity contribution is 0.395. The number of benzene rings is 1. The largest absolute Gasteiger partial charge is 0.497 e. The fraction of sp³-hybridized carbons (Fsp3) is 0.467. The first-order chi connectivity index (χ1) is 8.81. The van der Waals surface area contributed by atoms with Crippen LogP contribution in [0.2, 0.25) is 0 Å². The maximum atomic E-state index is 5.33. The summed E-state index contributed by atoms with van der Waals surface area (Å²) in [5.74, 6) is 1.63. The van der Waals surface area contributed by atoms with Gasteiger partial charge in [-0.3, -0.25) is 0 Å². The normalized spacial score (nSPS) is 9.89. The summed E-state index contributed by atoms with van der Waals surface area (Å²) in [4.78, 5) is 0. The zero-order valence-corrected chi connectivity index (χ0v) is 11.4. The van der Waals surface area contributed by atoms with Crippen molar-refractivity contribution in [3.05, 3.63) is 30.9 Å². The molecule has 18 heavy (non-hydrogen) atoms. The molecule has 1 rings (SSSR count). The van der Waals surface area contributed by atoms with Gasteiger partial charge in [0.2, 0.25) is 0 Å². The molecule has 3 heteroatoms. The van der Waals surface area contributed by atoms with Gasteiger partial charge in [0.05, 0.1) is 19.9 Å². The molecule has 0 aliphatic heterocycles. The molecule has 0 aliphatic rings. The first-order valence-electron chi connectivity index (χ1n) is 6.38. The van der Waals surface area contributed by atoms with Gasteiger partial charge in [-0.15, -0.1) is 6.58 Å². The van der Waals surface area contributed by atoms with Crippen LogP contribution in [-0.2, 0) is 0 Å². The van der Waals surface area contributed by atoms with Crippen LogP contribution >= 0.6 is 0 Å². The number of nitrogens with one attached hydrogen (secondary N) is 1. The maximum absolute atomic E-state index is 5.33. The Morgan fingerprint density at radius 1 is 1.17 bits per heavy atom. The van der Waals surface area contributed by atoms with Crippen molar-refractivity contribution >= 4 is 5.69 Å². The lowest BCUT2D eigenvalue weighted by Gasteiger charge is -2.12. The van der Waals surface area contributed by atoms with Crippen LogP contribution in [0.25, 0.3) is 0 Å². The molecule has 0 spiro atoms. The molecule has 0 atom stereocenters. The molecule has 0 saturated carbocycles. The van der Waals surface area contributed by atoms with Crippen molar-refractivity contribution in [2.24, 2.45) is 0 Å². The molecule has 0 heterocycles. The number of rotatable bonds is 9. The molecule has 1 aromatic carbocycles. The van der Waals surface area contributed by atoms with E-state index >= 15 is 0 Å². The average molecular weight is 249 g/mol. The summed E-state index contributed by atoms with van der Waals surface area (Å²) in [6.07, 6.45) is 6.66. The van der Waals surface area contributed by atoms with E-state index in [0.717, 1.165) is 36.6 Å². The number of hydrogen-bond donors (Lipinski definition) is 1. The Hall–Kier alpha value is -1.64. The van der Waals surface area contributed by atoms with E-state index < -0.39 is 0 Å². The second kappa shape index (κ2) is 8.45. The third-order valence-electron chi connectivity index (χ3n) is 2.81. The third-order valence-corrected chi connectivity index (χ3v) is 2.81. The highest BCUT2D eigenvalue weighted by Gasteiger charge is 2.03. The van der Waals surface area contributed by atoms with Gasteiger partial charge in [0, 0.05) is 12.6 Å². The van der Waals surface area contributed by atoms with E-state index in [0.29, 0.717) is 0 Å². The van der Waals surface area contributed by atoms with Crippen LogP contribution in [0.1, 0.15) is 25.7 Å². The smallest absolute Gasteiger partial charge is 0.145 e. The second-order valence-corrected chi connectivity index (χ2v) is 4.13. The molecule has 0 bridgehead atoms. The van der Waals surface area contributed by atoms with Crippen molar-refractivity contribution in [1.29, 1.82) is 0 Å². The second-order valence-electron chi connectivity index (χ2n) is 4.13. The van der Waals surface area contributed by atoms with Gasteiger partial charge in [-0.25, -0.2) is 0 Å². The van der Waals surface area contributed by atoms with E-state index in [4.69, 9.17) is 9.47 Å². The molecule has 0 unspecified atom stereocenters. The van der Waals surface area contributed by atoms with Crippen molar-refractivity contribution in [2.45, 2.75) is 25.7 Å². The SMILES string of the molecule is C=CCCCCCNc1ccc(OC)cc1OC. The number of anilines is 1. The molecule has 1 N–H and O–H groups in total. The molecule has 0 radical (unpaired) electrons. The lowest BCUT2D eigenvalue weighted by atomic mass is 10.2. The minimum atomic E-state index is 0.809. The average Bonchev–Trinajstić information content (AvgIpc) is 2.42. The molecular formula is C15H23NO2. The van der Waals surface area contributed by atoms with E-state index in [2.05, 4.69) is 11.9 Å². The summed E-state index contributed by atoms with van der Waals surface area (Å²) in [5, 5.41) is 3.39. The van der Waals surface area contributed by atoms with Crippen LogP contribution < -0.4 is 14.8 Å². The van der Waals surface area contributed by atoms with Crippen LogP contribution in [-0.4, -0.2) is 20.8 Å². The first kappa shape index (κ1) is 14.4. The summed E-state index contributed by atoms with van der Waals surface area (Å²) in [6, 6.07) is 5.81. The Morgan fingerprint density at radius 3 is 2.67 bits per heavy atom. The van der Waals surface area contributed by atoms with Crippen LogP contribution in [0, 0.1) is 0 Å². The van der Waals surface area contributed by atoms with Crippen molar-refractivity contribution in [1.82, 2.24) is 0 Å². The number of ether oxygens (including phenoxy) is 2. The molecule has 0 fully saturated rings. The molecule has 0 aromatic heterocycles. The zero-order valence-electron chi connectivity index (χ0n) is 11.4.